The van der Waals surface area contributed by atoms with E-state index in [2.05, 4.69) is 62.6 Å². The monoisotopic (exact) mass is 576 g/mol. The molecule has 43 heavy (non-hydrogen) atoms. The van der Waals surface area contributed by atoms with Crippen LogP contribution in [0.5, 0.6) is 11.5 Å². The highest BCUT2D eigenvalue weighted by Gasteiger charge is 2.17. The Kier molecular flexibility index (Phi) is 10.8. The van der Waals surface area contributed by atoms with Crippen LogP contribution in [0.3, 0.4) is 0 Å². The smallest absolute Gasteiger partial charge is 0.231 e. The molecule has 0 heterocycles. The van der Waals surface area contributed by atoms with Gasteiger partial charge in [-0.05, 0) is 109 Å². The number of ether oxygens (including phenoxy) is 1. The maximum Gasteiger partial charge on any atom is 0.231 e. The Bertz CT molecular complexity index is 1360. The first-order valence-corrected chi connectivity index (χ1v) is 15.2. The van der Waals surface area contributed by atoms with E-state index < -0.39 is 0 Å². The van der Waals surface area contributed by atoms with Crippen LogP contribution in [0.2, 0.25) is 0 Å². The fourth-order valence-electron chi connectivity index (χ4n) is 4.98. The molecule has 0 aliphatic rings. The first-order chi connectivity index (χ1) is 20.6. The zero-order valence-corrected chi connectivity index (χ0v) is 26.2. The largest absolute Gasteiger partial charge is 0.457 e. The summed E-state index contributed by atoms with van der Waals surface area (Å²) in [6, 6.07) is 31.2. The molecule has 224 valence electrons. The minimum Gasteiger partial charge on any atom is -0.457 e. The molecule has 5 heteroatoms. The minimum atomic E-state index is -0.263. The van der Waals surface area contributed by atoms with Gasteiger partial charge in [-0.25, -0.2) is 0 Å². The van der Waals surface area contributed by atoms with E-state index in [4.69, 9.17) is 4.74 Å². The third-order valence-corrected chi connectivity index (χ3v) is 7.51. The molecule has 0 saturated heterocycles. The van der Waals surface area contributed by atoms with Crippen molar-refractivity contribution in [1.82, 2.24) is 0 Å². The molecule has 2 atom stereocenters. The number of carbonyl (C=O) groups excluding carboxylic acids is 2. The average molecular weight is 577 g/mol. The van der Waals surface area contributed by atoms with Crippen LogP contribution in [0.15, 0.2) is 97.1 Å². The van der Waals surface area contributed by atoms with Crippen LogP contribution < -0.4 is 15.4 Å². The zero-order valence-electron chi connectivity index (χ0n) is 26.2. The molecule has 2 unspecified atom stereocenters. The topological polar surface area (TPSA) is 67.4 Å². The summed E-state index contributed by atoms with van der Waals surface area (Å²) in [7, 11) is 0. The average Bonchev–Trinajstić information content (AvgIpc) is 2.98. The van der Waals surface area contributed by atoms with Crippen LogP contribution in [0.1, 0.15) is 75.6 Å². The zero-order chi connectivity index (χ0) is 30.9. The summed E-state index contributed by atoms with van der Waals surface area (Å²) in [5, 5.41) is 6.00. The van der Waals surface area contributed by atoms with Crippen LogP contribution in [-0.4, -0.2) is 11.8 Å². The van der Waals surface area contributed by atoms with E-state index in [-0.39, 0.29) is 23.7 Å². The number of amides is 2. The summed E-state index contributed by atoms with van der Waals surface area (Å²) in [5.74, 6) is 1.87. The Hall–Kier alpha value is -4.38. The molecule has 0 spiro atoms. The van der Waals surface area contributed by atoms with Gasteiger partial charge in [0.05, 0.1) is 11.8 Å². The Morgan fingerprint density at radius 2 is 0.837 bits per heavy atom. The molecule has 0 fully saturated rings. The molecular formula is C38H44N2O3. The maximum absolute atomic E-state index is 12.9. The number of hydrogen-bond donors (Lipinski definition) is 2. The third kappa shape index (κ3) is 9.31. The second-order valence-corrected chi connectivity index (χ2v) is 12.3. The van der Waals surface area contributed by atoms with E-state index in [0.717, 1.165) is 24.0 Å². The fraction of sp³-hybridized carbons (Fsp3) is 0.316. The number of hydrogen-bond acceptors (Lipinski definition) is 3. The molecule has 4 aromatic rings. The lowest BCUT2D eigenvalue weighted by Crippen LogP contribution is -2.18. The van der Waals surface area contributed by atoms with Crippen molar-refractivity contribution < 1.29 is 14.3 Å². The quantitative estimate of drug-likeness (QED) is 0.177. The van der Waals surface area contributed by atoms with Gasteiger partial charge in [0.25, 0.3) is 0 Å². The summed E-state index contributed by atoms with van der Waals surface area (Å²) in [5.41, 5.74) is 5.98. The van der Waals surface area contributed by atoms with Crippen molar-refractivity contribution >= 4 is 23.2 Å². The second kappa shape index (κ2) is 14.7. The maximum atomic E-state index is 12.9. The number of nitrogens with one attached hydrogen (secondary N) is 2. The summed E-state index contributed by atoms with van der Waals surface area (Å²) in [4.78, 5) is 25.7. The van der Waals surface area contributed by atoms with Crippen molar-refractivity contribution in [3.05, 3.63) is 119 Å². The fourth-order valence-corrected chi connectivity index (χ4v) is 4.98. The van der Waals surface area contributed by atoms with Crippen LogP contribution in [0.4, 0.5) is 11.4 Å². The first kappa shape index (κ1) is 31.6. The summed E-state index contributed by atoms with van der Waals surface area (Å²) >= 11 is 0. The normalized spacial score (nSPS) is 12.6. The van der Waals surface area contributed by atoms with E-state index in [1.807, 2.05) is 86.6 Å². The second-order valence-electron chi connectivity index (χ2n) is 12.3. The van der Waals surface area contributed by atoms with Crippen molar-refractivity contribution in [2.45, 2.75) is 66.2 Å². The van der Waals surface area contributed by atoms with Gasteiger partial charge in [-0.2, -0.15) is 0 Å². The van der Waals surface area contributed by atoms with E-state index in [0.29, 0.717) is 34.7 Å². The Morgan fingerprint density at radius 3 is 1.14 bits per heavy atom. The predicted molar refractivity (Wildman–Crippen MR) is 177 cm³/mol. The molecule has 5 nitrogen and oxygen atoms in total. The lowest BCUT2D eigenvalue weighted by Gasteiger charge is -2.15. The molecule has 0 saturated carbocycles. The molecule has 0 aliphatic heterocycles. The van der Waals surface area contributed by atoms with E-state index in [1.165, 1.54) is 11.1 Å². The van der Waals surface area contributed by atoms with Gasteiger partial charge >= 0.3 is 0 Å². The van der Waals surface area contributed by atoms with Crippen LogP contribution in [-0.2, 0) is 22.4 Å². The Balaban J connectivity index is 1.27. The van der Waals surface area contributed by atoms with Crippen LogP contribution >= 0.6 is 0 Å². The van der Waals surface area contributed by atoms with Gasteiger partial charge in [0.2, 0.25) is 11.8 Å². The Morgan fingerprint density at radius 1 is 0.512 bits per heavy atom. The van der Waals surface area contributed by atoms with E-state index in [1.54, 1.807) is 0 Å². The molecule has 0 aliphatic carbocycles. The number of benzene rings is 4. The van der Waals surface area contributed by atoms with Gasteiger partial charge in [-0.1, -0.05) is 76.2 Å². The molecule has 4 aromatic carbocycles. The van der Waals surface area contributed by atoms with Gasteiger partial charge in [-0.3, -0.25) is 9.59 Å². The van der Waals surface area contributed by atoms with Crippen LogP contribution in [0.25, 0.3) is 0 Å². The van der Waals surface area contributed by atoms with Gasteiger partial charge in [0.15, 0.2) is 0 Å². The third-order valence-electron chi connectivity index (χ3n) is 7.51. The molecular weight excluding hydrogens is 532 g/mol. The minimum absolute atomic E-state index is 0.0552. The van der Waals surface area contributed by atoms with Crippen molar-refractivity contribution in [3.8, 4) is 11.5 Å². The Labute approximate surface area is 256 Å². The van der Waals surface area contributed by atoms with Gasteiger partial charge in [0.1, 0.15) is 11.5 Å². The lowest BCUT2D eigenvalue weighted by atomic mass is 9.96. The molecule has 0 aromatic heterocycles. The summed E-state index contributed by atoms with van der Waals surface area (Å²) < 4.78 is 5.98. The first-order valence-electron chi connectivity index (χ1n) is 15.2. The molecule has 4 rings (SSSR count). The lowest BCUT2D eigenvalue weighted by molar-refractivity contribution is -0.118. The van der Waals surface area contributed by atoms with Crippen molar-refractivity contribution in [2.24, 2.45) is 11.8 Å². The van der Waals surface area contributed by atoms with Crippen molar-refractivity contribution in [2.75, 3.05) is 10.6 Å². The van der Waals surface area contributed by atoms with E-state index >= 15 is 0 Å². The van der Waals surface area contributed by atoms with E-state index in [9.17, 15) is 9.59 Å². The number of carbonyl (C=O) groups is 2. The number of rotatable bonds is 12. The highest BCUT2D eigenvalue weighted by Crippen LogP contribution is 2.26. The molecule has 2 N–H and O–H groups in total. The van der Waals surface area contributed by atoms with Crippen molar-refractivity contribution in [1.29, 1.82) is 0 Å². The number of anilines is 2. The van der Waals surface area contributed by atoms with Gasteiger partial charge in [0, 0.05) is 11.4 Å². The highest BCUT2D eigenvalue weighted by molar-refractivity contribution is 5.96. The van der Waals surface area contributed by atoms with Crippen molar-refractivity contribution in [3.63, 3.8) is 0 Å². The SMILES string of the molecule is CC(C)Cc1ccc(C(C)C(=O)Nc2ccc(Oc3ccc(NC(=O)C(C)c4ccc(CC(C)C)cc4)cc3)cc2)cc1. The molecule has 0 bridgehead atoms. The summed E-state index contributed by atoms with van der Waals surface area (Å²) in [6.45, 7) is 12.6. The van der Waals surface area contributed by atoms with Gasteiger partial charge < -0.3 is 15.4 Å². The predicted octanol–water partition coefficient (Wildman–Crippen LogP) is 9.36. The molecule has 2 amide bonds. The molecule has 0 radical (unpaired) electrons. The standard InChI is InChI=1S/C38H44N2O3/c1-25(2)23-29-7-11-31(12-8-29)27(5)37(41)39-33-15-19-35(20-16-33)43-36-21-17-34(18-22-36)40-38(42)28(6)32-13-9-30(10-14-32)24-26(3)4/h7-22,25-28H,23-24H2,1-6H3,(H,39,41)(H,40,42). The highest BCUT2D eigenvalue weighted by atomic mass is 16.5. The van der Waals surface area contributed by atoms with Gasteiger partial charge in [-0.15, -0.1) is 0 Å². The summed E-state index contributed by atoms with van der Waals surface area (Å²) in [6.07, 6.45) is 2.06. The van der Waals surface area contributed by atoms with Crippen LogP contribution in [0, 0.1) is 11.8 Å².